The number of non-ortho nitro benzene ring substituents is 1. The van der Waals surface area contributed by atoms with E-state index >= 15 is 0 Å². The van der Waals surface area contributed by atoms with Crippen molar-refractivity contribution in [3.05, 3.63) is 28.3 Å². The van der Waals surface area contributed by atoms with Crippen LogP contribution >= 0.6 is 0 Å². The molecule has 0 radical (unpaired) electrons. The van der Waals surface area contributed by atoms with Crippen LogP contribution in [0, 0.1) is 10.1 Å². The molecule has 0 atom stereocenters. The van der Waals surface area contributed by atoms with Crippen molar-refractivity contribution in [3.8, 4) is 0 Å². The van der Waals surface area contributed by atoms with Gasteiger partial charge in [0.2, 0.25) is 16.4 Å². The van der Waals surface area contributed by atoms with E-state index in [0.29, 0.717) is 6.41 Å². The zero-order valence-electron chi connectivity index (χ0n) is 11.6. The Morgan fingerprint density at radius 1 is 1.33 bits per heavy atom. The van der Waals surface area contributed by atoms with Crippen LogP contribution in [0.1, 0.15) is 13.8 Å². The number of hydrogen-bond donors (Lipinski definition) is 2. The maximum absolute atomic E-state index is 12.5. The molecule has 0 aromatic heterocycles. The van der Waals surface area contributed by atoms with Gasteiger partial charge in [-0.1, -0.05) is 13.8 Å². The van der Waals surface area contributed by atoms with Crippen molar-refractivity contribution in [2.24, 2.45) is 0 Å². The van der Waals surface area contributed by atoms with E-state index < -0.39 is 14.9 Å². The third-order valence-corrected chi connectivity index (χ3v) is 4.85. The standard InChI is InChI=1S/C11H16N4O5S/c1-3-14(4-2)21(19,20)11-7-9(15(17)18)5-6-10(11)13-12-8-16/h5-8,13H,3-4H2,1-2H3,(H,12,16). The molecule has 21 heavy (non-hydrogen) atoms. The lowest BCUT2D eigenvalue weighted by Gasteiger charge is -2.20. The Morgan fingerprint density at radius 3 is 2.43 bits per heavy atom. The van der Waals surface area contributed by atoms with Crippen LogP contribution in [0.15, 0.2) is 23.1 Å². The Balaban J connectivity index is 3.44. The summed E-state index contributed by atoms with van der Waals surface area (Å²) in [6.45, 7) is 3.77. The first-order valence-corrected chi connectivity index (χ1v) is 7.56. The monoisotopic (exact) mass is 316 g/mol. The van der Waals surface area contributed by atoms with Gasteiger partial charge in [-0.05, 0) is 6.07 Å². The van der Waals surface area contributed by atoms with Crippen LogP contribution < -0.4 is 10.9 Å². The highest BCUT2D eigenvalue weighted by atomic mass is 32.2. The molecule has 0 saturated heterocycles. The van der Waals surface area contributed by atoms with Gasteiger partial charge in [0.15, 0.2) is 0 Å². The molecule has 2 N–H and O–H groups in total. The molecule has 0 aliphatic heterocycles. The molecule has 1 amide bonds. The normalized spacial score (nSPS) is 11.2. The van der Waals surface area contributed by atoms with E-state index in [-0.39, 0.29) is 29.4 Å². The van der Waals surface area contributed by atoms with E-state index in [1.165, 1.54) is 6.07 Å². The number of hydrazine groups is 1. The van der Waals surface area contributed by atoms with Crippen molar-refractivity contribution in [1.82, 2.24) is 9.73 Å². The van der Waals surface area contributed by atoms with Gasteiger partial charge in [0.25, 0.3) is 5.69 Å². The summed E-state index contributed by atoms with van der Waals surface area (Å²) in [6, 6.07) is 3.34. The second-order valence-electron chi connectivity index (χ2n) is 3.91. The molecule has 0 aliphatic rings. The van der Waals surface area contributed by atoms with Gasteiger partial charge in [-0.3, -0.25) is 25.8 Å². The van der Waals surface area contributed by atoms with Crippen LogP contribution in [-0.2, 0) is 14.8 Å². The molecular formula is C11H16N4O5S. The molecule has 0 fully saturated rings. The Morgan fingerprint density at radius 2 is 1.95 bits per heavy atom. The number of anilines is 1. The van der Waals surface area contributed by atoms with Crippen LogP contribution in [0.5, 0.6) is 0 Å². The number of hydrogen-bond acceptors (Lipinski definition) is 6. The zero-order chi connectivity index (χ0) is 16.0. The largest absolute Gasteiger partial charge is 0.297 e. The molecule has 1 aromatic rings. The number of nitrogens with one attached hydrogen (secondary N) is 2. The maximum Gasteiger partial charge on any atom is 0.270 e. The third kappa shape index (κ3) is 3.67. The highest BCUT2D eigenvalue weighted by Crippen LogP contribution is 2.28. The molecule has 9 nitrogen and oxygen atoms in total. The van der Waals surface area contributed by atoms with Crippen molar-refractivity contribution in [2.75, 3.05) is 18.5 Å². The van der Waals surface area contributed by atoms with E-state index in [1.54, 1.807) is 13.8 Å². The predicted molar refractivity (Wildman–Crippen MR) is 76.0 cm³/mol. The predicted octanol–water partition coefficient (Wildman–Crippen LogP) is 0.698. The van der Waals surface area contributed by atoms with E-state index in [0.717, 1.165) is 16.4 Å². The number of nitro benzene ring substituents is 1. The first-order chi connectivity index (χ1) is 9.88. The molecule has 1 aromatic carbocycles. The topological polar surface area (TPSA) is 122 Å². The fourth-order valence-corrected chi connectivity index (χ4v) is 3.38. The average molecular weight is 316 g/mol. The summed E-state index contributed by atoms with van der Waals surface area (Å²) < 4.78 is 26.2. The van der Waals surface area contributed by atoms with Crippen LogP contribution in [0.4, 0.5) is 11.4 Å². The fourth-order valence-electron chi connectivity index (χ4n) is 1.75. The number of sulfonamides is 1. The van der Waals surface area contributed by atoms with Crippen LogP contribution in [-0.4, -0.2) is 37.1 Å². The van der Waals surface area contributed by atoms with Gasteiger partial charge < -0.3 is 0 Å². The summed E-state index contributed by atoms with van der Waals surface area (Å²) in [6.07, 6.45) is 0.329. The quantitative estimate of drug-likeness (QED) is 0.413. The number of rotatable bonds is 8. The van der Waals surface area contributed by atoms with E-state index in [4.69, 9.17) is 0 Å². The lowest BCUT2D eigenvalue weighted by molar-refractivity contribution is -0.385. The van der Waals surface area contributed by atoms with Gasteiger partial charge >= 0.3 is 0 Å². The lowest BCUT2D eigenvalue weighted by atomic mass is 10.3. The molecule has 0 spiro atoms. The summed E-state index contributed by atoms with van der Waals surface area (Å²) in [5.74, 6) is 0. The molecule has 0 unspecified atom stereocenters. The maximum atomic E-state index is 12.5. The van der Waals surface area contributed by atoms with Gasteiger partial charge in [0.1, 0.15) is 4.90 Å². The minimum absolute atomic E-state index is 0.0552. The van der Waals surface area contributed by atoms with Crippen molar-refractivity contribution < 1.29 is 18.1 Å². The number of carbonyl (C=O) groups excluding carboxylic acids is 1. The van der Waals surface area contributed by atoms with E-state index in [2.05, 4.69) is 10.9 Å². The summed E-state index contributed by atoms with van der Waals surface area (Å²) in [7, 11) is -3.91. The number of amides is 1. The minimum Gasteiger partial charge on any atom is -0.297 e. The summed E-state index contributed by atoms with van der Waals surface area (Å²) in [5.41, 5.74) is 4.21. The zero-order valence-corrected chi connectivity index (χ0v) is 12.4. The molecule has 0 heterocycles. The number of nitrogens with zero attached hydrogens (tertiary/aromatic N) is 2. The molecule has 10 heteroatoms. The number of carbonyl (C=O) groups is 1. The van der Waals surface area contributed by atoms with Gasteiger partial charge in [0, 0.05) is 25.2 Å². The molecule has 0 saturated carbocycles. The van der Waals surface area contributed by atoms with Gasteiger partial charge in [0.05, 0.1) is 10.6 Å². The summed E-state index contributed by atoms with van der Waals surface area (Å²) >= 11 is 0. The van der Waals surface area contributed by atoms with Crippen molar-refractivity contribution in [2.45, 2.75) is 18.7 Å². The SMILES string of the molecule is CCN(CC)S(=O)(=O)c1cc([N+](=O)[O-])ccc1NNC=O. The Labute approximate surface area is 122 Å². The molecule has 0 aliphatic carbocycles. The Bertz CT molecular complexity index is 628. The highest BCUT2D eigenvalue weighted by molar-refractivity contribution is 7.89. The van der Waals surface area contributed by atoms with Crippen LogP contribution in [0.2, 0.25) is 0 Å². The van der Waals surface area contributed by atoms with Crippen LogP contribution in [0.3, 0.4) is 0 Å². The van der Waals surface area contributed by atoms with Crippen molar-refractivity contribution in [1.29, 1.82) is 0 Å². The second kappa shape index (κ2) is 6.99. The van der Waals surface area contributed by atoms with Gasteiger partial charge in [-0.25, -0.2) is 8.42 Å². The molecule has 0 bridgehead atoms. The second-order valence-corrected chi connectivity index (χ2v) is 5.82. The van der Waals surface area contributed by atoms with E-state index in [9.17, 15) is 23.3 Å². The van der Waals surface area contributed by atoms with Gasteiger partial charge in [-0.2, -0.15) is 4.31 Å². The fraction of sp³-hybridized carbons (Fsp3) is 0.364. The van der Waals surface area contributed by atoms with Gasteiger partial charge in [-0.15, -0.1) is 0 Å². The van der Waals surface area contributed by atoms with Crippen molar-refractivity contribution >= 4 is 27.8 Å². The summed E-state index contributed by atoms with van der Waals surface area (Å²) in [4.78, 5) is 20.2. The minimum atomic E-state index is -3.91. The molecule has 116 valence electrons. The molecular weight excluding hydrogens is 300 g/mol. The Hall–Kier alpha value is -2.20. The number of benzene rings is 1. The van der Waals surface area contributed by atoms with Crippen LogP contribution in [0.25, 0.3) is 0 Å². The summed E-state index contributed by atoms with van der Waals surface area (Å²) in [5, 5.41) is 10.8. The first-order valence-electron chi connectivity index (χ1n) is 6.12. The van der Waals surface area contributed by atoms with Crippen molar-refractivity contribution in [3.63, 3.8) is 0 Å². The lowest BCUT2D eigenvalue weighted by Crippen LogP contribution is -2.32. The molecule has 1 rings (SSSR count). The number of nitro groups is 1. The first kappa shape index (κ1) is 16.9. The van der Waals surface area contributed by atoms with E-state index in [1.807, 2.05) is 0 Å². The average Bonchev–Trinajstić information content (AvgIpc) is 2.45. The third-order valence-electron chi connectivity index (χ3n) is 2.77. The highest BCUT2D eigenvalue weighted by Gasteiger charge is 2.27. The Kier molecular flexibility index (Phi) is 5.61. The smallest absolute Gasteiger partial charge is 0.270 e.